The van der Waals surface area contributed by atoms with Gasteiger partial charge in [-0.25, -0.2) is 4.98 Å². The van der Waals surface area contributed by atoms with Crippen LogP contribution in [0.2, 0.25) is 0 Å². The van der Waals surface area contributed by atoms with Crippen LogP contribution in [0.1, 0.15) is 12.7 Å². The van der Waals surface area contributed by atoms with Crippen LogP contribution in [0, 0.1) is 0 Å². The zero-order valence-corrected chi connectivity index (χ0v) is 12.2. The lowest BCUT2D eigenvalue weighted by Crippen LogP contribution is -2.42. The van der Waals surface area contributed by atoms with Crippen molar-refractivity contribution in [3.05, 3.63) is 30.1 Å². The molecule has 6 nitrogen and oxygen atoms in total. The number of amides is 2. The summed E-state index contributed by atoms with van der Waals surface area (Å²) in [6, 6.07) is 7.67. The van der Waals surface area contributed by atoms with Gasteiger partial charge in [-0.05, 0) is 18.4 Å². The molecule has 1 aromatic carbocycles. The van der Waals surface area contributed by atoms with Gasteiger partial charge in [-0.3, -0.25) is 20.4 Å². The monoisotopic (exact) mass is 292 g/mol. The molecule has 2 amide bonds. The molecule has 0 fully saturated rings. The highest BCUT2D eigenvalue weighted by Gasteiger charge is 2.13. The summed E-state index contributed by atoms with van der Waals surface area (Å²) in [4.78, 5) is 27.1. The number of carbonyl (C=O) groups excluding carboxylic acids is 2. The third kappa shape index (κ3) is 3.30. The van der Waals surface area contributed by atoms with Crippen LogP contribution in [0.3, 0.4) is 0 Å². The fraction of sp³-hybridized carbons (Fsp3) is 0.308. The number of hydrazine groups is 1. The standard InChI is InChI=1S/C13H16N4O2S/c1-9(18)15-16-13(19)7-17-11-6-4-3-5-10(11)14-12(17)8-20-2/h3-6H,7-8H2,1-2H3,(H,15,18)(H,16,19). The number of thioether (sulfide) groups is 1. The lowest BCUT2D eigenvalue weighted by atomic mass is 10.3. The predicted octanol–water partition coefficient (Wildman–Crippen LogP) is 1.07. The number of nitrogens with zero attached hydrogens (tertiary/aromatic N) is 2. The van der Waals surface area contributed by atoms with Gasteiger partial charge >= 0.3 is 0 Å². The van der Waals surface area contributed by atoms with E-state index in [4.69, 9.17) is 0 Å². The van der Waals surface area contributed by atoms with Gasteiger partial charge < -0.3 is 4.57 Å². The summed E-state index contributed by atoms with van der Waals surface area (Å²) in [7, 11) is 0. The summed E-state index contributed by atoms with van der Waals surface area (Å²) in [5.41, 5.74) is 6.42. The van der Waals surface area contributed by atoms with Crippen LogP contribution < -0.4 is 10.9 Å². The fourth-order valence-corrected chi connectivity index (χ4v) is 2.36. The van der Waals surface area contributed by atoms with E-state index < -0.39 is 0 Å². The quantitative estimate of drug-likeness (QED) is 0.826. The van der Waals surface area contributed by atoms with E-state index in [9.17, 15) is 9.59 Å². The normalized spacial score (nSPS) is 10.5. The maximum atomic E-state index is 11.8. The zero-order valence-electron chi connectivity index (χ0n) is 11.3. The molecule has 0 saturated carbocycles. The average Bonchev–Trinajstić information content (AvgIpc) is 2.75. The first-order valence-electron chi connectivity index (χ1n) is 6.10. The SMILES string of the molecule is CSCc1nc2ccccc2n1CC(=O)NNC(C)=O. The molecule has 2 rings (SSSR count). The van der Waals surface area contributed by atoms with Gasteiger partial charge in [0.2, 0.25) is 5.91 Å². The van der Waals surface area contributed by atoms with Gasteiger partial charge in [-0.2, -0.15) is 11.8 Å². The van der Waals surface area contributed by atoms with Gasteiger partial charge in [-0.1, -0.05) is 12.1 Å². The molecule has 0 saturated heterocycles. The number of fused-ring (bicyclic) bond motifs is 1. The van der Waals surface area contributed by atoms with Gasteiger partial charge in [0.1, 0.15) is 12.4 Å². The number of para-hydroxylation sites is 2. The highest BCUT2D eigenvalue weighted by atomic mass is 32.2. The van der Waals surface area contributed by atoms with Crippen LogP contribution >= 0.6 is 11.8 Å². The second-order valence-corrected chi connectivity index (χ2v) is 5.13. The summed E-state index contributed by atoms with van der Waals surface area (Å²) < 4.78 is 1.86. The van der Waals surface area contributed by atoms with Gasteiger partial charge in [0.25, 0.3) is 5.91 Å². The molecule has 0 bridgehead atoms. The Bertz CT molecular complexity index is 638. The Morgan fingerprint density at radius 3 is 2.75 bits per heavy atom. The molecule has 0 spiro atoms. The van der Waals surface area contributed by atoms with Gasteiger partial charge in [0.05, 0.1) is 16.8 Å². The number of benzene rings is 1. The molecule has 2 N–H and O–H groups in total. The Morgan fingerprint density at radius 1 is 1.30 bits per heavy atom. The summed E-state index contributed by atoms with van der Waals surface area (Å²) in [6.45, 7) is 1.46. The first-order chi connectivity index (χ1) is 9.61. The van der Waals surface area contributed by atoms with Gasteiger partial charge in [-0.15, -0.1) is 0 Å². The Morgan fingerprint density at radius 2 is 2.05 bits per heavy atom. The third-order valence-electron chi connectivity index (χ3n) is 2.69. The van der Waals surface area contributed by atoms with Crippen molar-refractivity contribution in [2.24, 2.45) is 0 Å². The summed E-state index contributed by atoms with van der Waals surface area (Å²) >= 11 is 1.64. The number of rotatable bonds is 4. The summed E-state index contributed by atoms with van der Waals surface area (Å²) in [6.07, 6.45) is 1.99. The second kappa shape index (κ2) is 6.42. The maximum absolute atomic E-state index is 11.8. The smallest absolute Gasteiger partial charge is 0.258 e. The second-order valence-electron chi connectivity index (χ2n) is 4.27. The van der Waals surface area contributed by atoms with Crippen LogP contribution in [-0.4, -0.2) is 27.6 Å². The highest BCUT2D eigenvalue weighted by Crippen LogP contribution is 2.18. The van der Waals surface area contributed by atoms with Crippen molar-refractivity contribution in [1.29, 1.82) is 0 Å². The first kappa shape index (κ1) is 14.4. The van der Waals surface area contributed by atoms with E-state index in [1.54, 1.807) is 11.8 Å². The third-order valence-corrected chi connectivity index (χ3v) is 3.23. The highest BCUT2D eigenvalue weighted by molar-refractivity contribution is 7.97. The molecule has 0 aliphatic rings. The van der Waals surface area contributed by atoms with Crippen LogP contribution in [0.25, 0.3) is 11.0 Å². The van der Waals surface area contributed by atoms with E-state index in [0.29, 0.717) is 0 Å². The van der Waals surface area contributed by atoms with Crippen LogP contribution in [0.5, 0.6) is 0 Å². The lowest BCUT2D eigenvalue weighted by molar-refractivity contribution is -0.128. The van der Waals surface area contributed by atoms with Crippen molar-refractivity contribution in [3.63, 3.8) is 0 Å². The van der Waals surface area contributed by atoms with Gasteiger partial charge in [0, 0.05) is 6.92 Å². The fourth-order valence-electron chi connectivity index (χ4n) is 1.88. The van der Waals surface area contributed by atoms with Gasteiger partial charge in [0.15, 0.2) is 0 Å². The molecular weight excluding hydrogens is 276 g/mol. The Balaban J connectivity index is 2.24. The Labute approximate surface area is 120 Å². The molecule has 1 aromatic heterocycles. The Hall–Kier alpha value is -2.02. The van der Waals surface area contributed by atoms with Crippen molar-refractivity contribution in [2.45, 2.75) is 19.2 Å². The summed E-state index contributed by atoms with van der Waals surface area (Å²) in [5.74, 6) is 0.975. The maximum Gasteiger partial charge on any atom is 0.258 e. The number of aromatic nitrogens is 2. The molecular formula is C13H16N4O2S. The van der Waals surface area contributed by atoms with Crippen LogP contribution in [-0.2, 0) is 21.9 Å². The topological polar surface area (TPSA) is 76.0 Å². The molecule has 20 heavy (non-hydrogen) atoms. The number of carbonyl (C=O) groups is 2. The predicted molar refractivity (Wildman–Crippen MR) is 78.9 cm³/mol. The molecule has 0 aliphatic heterocycles. The number of hydrogen-bond donors (Lipinski definition) is 2. The van der Waals surface area contributed by atoms with E-state index in [1.807, 2.05) is 35.1 Å². The van der Waals surface area contributed by atoms with Crippen molar-refractivity contribution >= 4 is 34.6 Å². The van der Waals surface area contributed by atoms with E-state index in [1.165, 1.54) is 6.92 Å². The largest absolute Gasteiger partial charge is 0.318 e. The number of nitrogens with one attached hydrogen (secondary N) is 2. The molecule has 0 unspecified atom stereocenters. The molecule has 0 aliphatic carbocycles. The van der Waals surface area contributed by atoms with Crippen LogP contribution in [0.4, 0.5) is 0 Å². The van der Waals surface area contributed by atoms with E-state index in [2.05, 4.69) is 15.8 Å². The van der Waals surface area contributed by atoms with E-state index >= 15 is 0 Å². The van der Waals surface area contributed by atoms with E-state index in [0.717, 1.165) is 22.6 Å². The number of imidazole rings is 1. The minimum atomic E-state index is -0.307. The molecule has 2 aromatic rings. The van der Waals surface area contributed by atoms with Crippen molar-refractivity contribution in [2.75, 3.05) is 6.26 Å². The van der Waals surface area contributed by atoms with E-state index in [-0.39, 0.29) is 18.4 Å². The van der Waals surface area contributed by atoms with Crippen molar-refractivity contribution < 1.29 is 9.59 Å². The van der Waals surface area contributed by atoms with Crippen molar-refractivity contribution in [1.82, 2.24) is 20.4 Å². The Kier molecular flexibility index (Phi) is 4.62. The molecule has 0 atom stereocenters. The lowest BCUT2D eigenvalue weighted by Gasteiger charge is -2.09. The number of hydrogen-bond acceptors (Lipinski definition) is 4. The average molecular weight is 292 g/mol. The molecule has 106 valence electrons. The minimum Gasteiger partial charge on any atom is -0.318 e. The zero-order chi connectivity index (χ0) is 14.5. The molecule has 1 heterocycles. The van der Waals surface area contributed by atoms with Crippen LogP contribution in [0.15, 0.2) is 24.3 Å². The molecule has 0 radical (unpaired) electrons. The molecule has 7 heteroatoms. The first-order valence-corrected chi connectivity index (χ1v) is 7.49. The van der Waals surface area contributed by atoms with Crippen molar-refractivity contribution in [3.8, 4) is 0 Å². The summed E-state index contributed by atoms with van der Waals surface area (Å²) in [5, 5.41) is 0. The minimum absolute atomic E-state index is 0.122.